The predicted molar refractivity (Wildman–Crippen MR) is 55.8 cm³/mol. The minimum Gasteiger partial charge on any atom is -0.431 e. The summed E-state index contributed by atoms with van der Waals surface area (Å²) in [5.41, 5.74) is 0.761. The van der Waals surface area contributed by atoms with E-state index in [1.165, 1.54) is 32.1 Å². The van der Waals surface area contributed by atoms with Gasteiger partial charge in [-0.1, -0.05) is 46.0 Å². The first-order chi connectivity index (χ1) is 5.73. The van der Waals surface area contributed by atoms with Gasteiger partial charge in [0, 0.05) is 0 Å². The lowest BCUT2D eigenvalue weighted by Gasteiger charge is -2.39. The van der Waals surface area contributed by atoms with E-state index in [9.17, 15) is 4.80 Å². The Bertz CT molecular complexity index is 126. The third-order valence-electron chi connectivity index (χ3n) is 3.23. The molecule has 0 amide bonds. The third-order valence-corrected chi connectivity index (χ3v) is 8.06. The van der Waals surface area contributed by atoms with Crippen LogP contribution < -0.4 is 0 Å². The molecule has 0 unspecified atom stereocenters. The van der Waals surface area contributed by atoms with Crippen molar-refractivity contribution < 1.29 is 4.80 Å². The molecule has 1 nitrogen and oxygen atoms in total. The van der Waals surface area contributed by atoms with Gasteiger partial charge in [-0.2, -0.15) is 0 Å². The summed E-state index contributed by atoms with van der Waals surface area (Å²) in [5, 5.41) is 0. The Morgan fingerprint density at radius 1 is 1.17 bits per heavy atom. The lowest BCUT2D eigenvalue weighted by molar-refractivity contribution is 0.402. The maximum absolute atomic E-state index is 10.5. The summed E-state index contributed by atoms with van der Waals surface area (Å²) in [5.74, 6) is 0. The van der Waals surface area contributed by atoms with Gasteiger partial charge in [-0.15, -0.1) is 0 Å². The van der Waals surface area contributed by atoms with Crippen LogP contribution in [-0.4, -0.2) is 13.1 Å². The molecule has 0 spiro atoms. The standard InChI is InChI=1S/C10H22OSi/c1-3-8-12(11,9-4-2)10-6-5-7-10/h10-11H,3-9H2,1-2H3. The monoisotopic (exact) mass is 186 g/mol. The van der Waals surface area contributed by atoms with E-state index in [-0.39, 0.29) is 0 Å². The van der Waals surface area contributed by atoms with Crippen LogP contribution >= 0.6 is 0 Å². The van der Waals surface area contributed by atoms with E-state index in [4.69, 9.17) is 0 Å². The van der Waals surface area contributed by atoms with E-state index < -0.39 is 8.32 Å². The van der Waals surface area contributed by atoms with E-state index in [0.29, 0.717) is 0 Å². The predicted octanol–water partition coefficient (Wildman–Crippen LogP) is 3.30. The lowest BCUT2D eigenvalue weighted by atomic mass is 10.00. The molecule has 0 bridgehead atoms. The Labute approximate surface area is 77.3 Å². The zero-order valence-corrected chi connectivity index (χ0v) is 9.47. The molecule has 1 fully saturated rings. The Morgan fingerprint density at radius 3 is 1.92 bits per heavy atom. The van der Waals surface area contributed by atoms with Gasteiger partial charge in [-0.25, -0.2) is 0 Å². The molecule has 2 heteroatoms. The first-order valence-corrected chi connectivity index (χ1v) is 7.89. The maximum atomic E-state index is 10.5. The number of rotatable bonds is 5. The van der Waals surface area contributed by atoms with Gasteiger partial charge in [0.1, 0.15) is 0 Å². The molecule has 0 saturated heterocycles. The molecule has 0 aromatic heterocycles. The van der Waals surface area contributed by atoms with E-state index in [0.717, 1.165) is 17.6 Å². The summed E-state index contributed by atoms with van der Waals surface area (Å²) in [6.45, 7) is 4.40. The average Bonchev–Trinajstić information content (AvgIpc) is 1.82. The molecular weight excluding hydrogens is 164 g/mol. The normalized spacial score (nSPS) is 19.2. The molecule has 1 N–H and O–H groups in total. The Kier molecular flexibility index (Phi) is 3.78. The van der Waals surface area contributed by atoms with Crippen LogP contribution in [0.1, 0.15) is 46.0 Å². The van der Waals surface area contributed by atoms with Crippen molar-refractivity contribution in [2.75, 3.05) is 0 Å². The van der Waals surface area contributed by atoms with E-state index in [2.05, 4.69) is 13.8 Å². The molecule has 1 rings (SSSR count). The van der Waals surface area contributed by atoms with Crippen molar-refractivity contribution in [1.29, 1.82) is 0 Å². The van der Waals surface area contributed by atoms with Gasteiger partial charge in [0.05, 0.1) is 0 Å². The number of hydrogen-bond acceptors (Lipinski definition) is 1. The van der Waals surface area contributed by atoms with Crippen molar-refractivity contribution in [3.05, 3.63) is 0 Å². The van der Waals surface area contributed by atoms with Crippen molar-refractivity contribution in [3.63, 3.8) is 0 Å². The fourth-order valence-electron chi connectivity index (χ4n) is 2.34. The molecule has 0 aromatic rings. The summed E-state index contributed by atoms with van der Waals surface area (Å²) >= 11 is 0. The Balaban J connectivity index is 2.44. The molecule has 1 saturated carbocycles. The van der Waals surface area contributed by atoms with Crippen LogP contribution in [0, 0.1) is 0 Å². The van der Waals surface area contributed by atoms with Crippen molar-refractivity contribution >= 4 is 8.32 Å². The largest absolute Gasteiger partial charge is 0.431 e. The van der Waals surface area contributed by atoms with Crippen LogP contribution in [-0.2, 0) is 0 Å². The highest BCUT2D eigenvalue weighted by atomic mass is 28.4. The van der Waals surface area contributed by atoms with Crippen molar-refractivity contribution in [3.8, 4) is 0 Å². The minimum atomic E-state index is -1.77. The average molecular weight is 186 g/mol. The van der Waals surface area contributed by atoms with Crippen molar-refractivity contribution in [2.45, 2.75) is 63.6 Å². The molecule has 12 heavy (non-hydrogen) atoms. The maximum Gasteiger partial charge on any atom is 0.191 e. The molecule has 0 aliphatic heterocycles. The van der Waals surface area contributed by atoms with Crippen LogP contribution in [0.3, 0.4) is 0 Å². The molecule has 0 aromatic carbocycles. The Hall–Kier alpha value is 0.177. The molecular formula is C10H22OSi. The molecule has 0 heterocycles. The second-order valence-corrected chi connectivity index (χ2v) is 8.26. The minimum absolute atomic E-state index is 0.761. The second kappa shape index (κ2) is 4.42. The fourth-order valence-corrected chi connectivity index (χ4v) is 6.63. The highest BCUT2D eigenvalue weighted by Crippen LogP contribution is 2.44. The summed E-state index contributed by atoms with van der Waals surface area (Å²) < 4.78 is 0. The van der Waals surface area contributed by atoms with Gasteiger partial charge in [-0.3, -0.25) is 0 Å². The summed E-state index contributed by atoms with van der Waals surface area (Å²) in [6.07, 6.45) is 6.37. The van der Waals surface area contributed by atoms with Gasteiger partial charge in [0.25, 0.3) is 0 Å². The van der Waals surface area contributed by atoms with Crippen LogP contribution in [0.15, 0.2) is 0 Å². The SMILES string of the molecule is CCC[Si](O)(CCC)C1CCC1. The van der Waals surface area contributed by atoms with Crippen molar-refractivity contribution in [1.82, 2.24) is 0 Å². The Morgan fingerprint density at radius 2 is 1.67 bits per heavy atom. The molecule has 0 atom stereocenters. The molecule has 1 aliphatic carbocycles. The van der Waals surface area contributed by atoms with Crippen molar-refractivity contribution in [2.24, 2.45) is 0 Å². The second-order valence-electron chi connectivity index (χ2n) is 4.23. The van der Waals surface area contributed by atoms with Crippen LogP contribution in [0.25, 0.3) is 0 Å². The van der Waals surface area contributed by atoms with Gasteiger partial charge in [0.15, 0.2) is 8.32 Å². The van der Waals surface area contributed by atoms with Gasteiger partial charge >= 0.3 is 0 Å². The topological polar surface area (TPSA) is 20.2 Å². The smallest absolute Gasteiger partial charge is 0.191 e. The van der Waals surface area contributed by atoms with Crippen LogP contribution in [0.5, 0.6) is 0 Å². The zero-order chi connectivity index (χ0) is 9.03. The van der Waals surface area contributed by atoms with Gasteiger partial charge < -0.3 is 4.80 Å². The van der Waals surface area contributed by atoms with E-state index >= 15 is 0 Å². The summed E-state index contributed by atoms with van der Waals surface area (Å²) in [4.78, 5) is 10.5. The zero-order valence-electron chi connectivity index (χ0n) is 8.47. The third kappa shape index (κ3) is 2.11. The van der Waals surface area contributed by atoms with Crippen LogP contribution in [0.2, 0.25) is 17.6 Å². The number of hydrogen-bond donors (Lipinski definition) is 1. The summed E-state index contributed by atoms with van der Waals surface area (Å²) in [6, 6.07) is 2.29. The van der Waals surface area contributed by atoms with Gasteiger partial charge in [-0.05, 0) is 17.6 Å². The quantitative estimate of drug-likeness (QED) is 0.653. The first kappa shape index (κ1) is 10.3. The highest BCUT2D eigenvalue weighted by molar-refractivity contribution is 6.74. The molecule has 0 radical (unpaired) electrons. The molecule has 1 aliphatic rings. The fraction of sp³-hybridized carbons (Fsp3) is 1.00. The van der Waals surface area contributed by atoms with Crippen LogP contribution in [0.4, 0.5) is 0 Å². The lowest BCUT2D eigenvalue weighted by Crippen LogP contribution is -2.42. The highest BCUT2D eigenvalue weighted by Gasteiger charge is 2.41. The molecule has 72 valence electrons. The first-order valence-electron chi connectivity index (χ1n) is 5.45. The van der Waals surface area contributed by atoms with E-state index in [1.54, 1.807) is 0 Å². The van der Waals surface area contributed by atoms with Gasteiger partial charge in [0.2, 0.25) is 0 Å². The van der Waals surface area contributed by atoms with E-state index in [1.807, 2.05) is 0 Å². The summed E-state index contributed by atoms with van der Waals surface area (Å²) in [7, 11) is -1.77.